The van der Waals surface area contributed by atoms with Crippen molar-refractivity contribution in [2.75, 3.05) is 5.75 Å². The fraction of sp³-hybridized carbons (Fsp3) is 0.286. The highest BCUT2D eigenvalue weighted by molar-refractivity contribution is 7.99. The molecule has 3 rings (SSSR count). The smallest absolute Gasteiger partial charge is 0.261 e. The molecule has 0 saturated carbocycles. The van der Waals surface area contributed by atoms with Gasteiger partial charge in [-0.05, 0) is 24.1 Å². The van der Waals surface area contributed by atoms with Crippen LogP contribution in [0.5, 0.6) is 5.88 Å². The SMILES string of the molecule is O=c1c(Cc2ccc(Cl)cc2Cl)c(O)nc2n1CCCS2. The highest BCUT2D eigenvalue weighted by Crippen LogP contribution is 2.27. The summed E-state index contributed by atoms with van der Waals surface area (Å²) in [6.45, 7) is 0.635. The summed E-state index contributed by atoms with van der Waals surface area (Å²) in [6, 6.07) is 5.08. The molecule has 0 amide bonds. The van der Waals surface area contributed by atoms with Crippen molar-refractivity contribution in [3.05, 3.63) is 49.7 Å². The normalized spacial score (nSPS) is 14.0. The van der Waals surface area contributed by atoms with E-state index in [2.05, 4.69) is 4.98 Å². The van der Waals surface area contributed by atoms with Gasteiger partial charge in [-0.25, -0.2) is 0 Å². The lowest BCUT2D eigenvalue weighted by Gasteiger charge is -2.18. The first kappa shape index (κ1) is 14.8. The second kappa shape index (κ2) is 5.91. The Morgan fingerprint density at radius 2 is 2.19 bits per heavy atom. The van der Waals surface area contributed by atoms with E-state index in [4.69, 9.17) is 23.2 Å². The second-order valence-corrected chi connectivity index (χ2v) is 6.67. The largest absolute Gasteiger partial charge is 0.493 e. The predicted octanol–water partition coefficient (Wildman–Crippen LogP) is 3.34. The minimum absolute atomic E-state index is 0.198. The maximum Gasteiger partial charge on any atom is 0.261 e. The van der Waals surface area contributed by atoms with Crippen LogP contribution in [0.1, 0.15) is 17.5 Å². The minimum Gasteiger partial charge on any atom is -0.493 e. The lowest BCUT2D eigenvalue weighted by Crippen LogP contribution is -2.29. The molecule has 7 heteroatoms. The Labute approximate surface area is 135 Å². The number of rotatable bonds is 2. The quantitative estimate of drug-likeness (QED) is 0.850. The number of nitrogens with zero attached hydrogens (tertiary/aromatic N) is 2. The third-order valence-electron chi connectivity index (χ3n) is 3.35. The molecule has 2 heterocycles. The van der Waals surface area contributed by atoms with E-state index in [1.165, 1.54) is 11.8 Å². The van der Waals surface area contributed by atoms with Crippen LogP contribution in [0.25, 0.3) is 0 Å². The molecule has 2 aromatic rings. The van der Waals surface area contributed by atoms with Gasteiger partial charge in [0.05, 0.1) is 5.56 Å². The van der Waals surface area contributed by atoms with E-state index < -0.39 is 0 Å². The van der Waals surface area contributed by atoms with Gasteiger partial charge >= 0.3 is 0 Å². The van der Waals surface area contributed by atoms with Crippen LogP contribution in [0.3, 0.4) is 0 Å². The van der Waals surface area contributed by atoms with Gasteiger partial charge in [-0.15, -0.1) is 0 Å². The first-order chi connectivity index (χ1) is 10.1. The van der Waals surface area contributed by atoms with E-state index in [1.54, 1.807) is 22.8 Å². The molecule has 1 aromatic heterocycles. The van der Waals surface area contributed by atoms with Gasteiger partial charge in [-0.3, -0.25) is 9.36 Å². The lowest BCUT2D eigenvalue weighted by molar-refractivity contribution is 0.421. The number of hydrogen-bond donors (Lipinski definition) is 1. The van der Waals surface area contributed by atoms with Crippen molar-refractivity contribution in [2.45, 2.75) is 24.5 Å². The number of thioether (sulfide) groups is 1. The van der Waals surface area contributed by atoms with Crippen LogP contribution < -0.4 is 5.56 Å². The first-order valence-electron chi connectivity index (χ1n) is 6.45. The summed E-state index contributed by atoms with van der Waals surface area (Å²) in [7, 11) is 0. The van der Waals surface area contributed by atoms with Gasteiger partial charge in [0, 0.05) is 28.8 Å². The van der Waals surface area contributed by atoms with E-state index in [-0.39, 0.29) is 23.4 Å². The molecule has 21 heavy (non-hydrogen) atoms. The van der Waals surface area contributed by atoms with Gasteiger partial charge in [0.25, 0.3) is 5.56 Å². The van der Waals surface area contributed by atoms with Crippen molar-refractivity contribution >= 4 is 35.0 Å². The topological polar surface area (TPSA) is 55.1 Å². The summed E-state index contributed by atoms with van der Waals surface area (Å²) in [5, 5.41) is 11.6. The molecule has 0 bridgehead atoms. The number of fused-ring (bicyclic) bond motifs is 1. The Morgan fingerprint density at radius 3 is 2.95 bits per heavy atom. The Kier molecular flexibility index (Phi) is 4.15. The maximum atomic E-state index is 12.5. The summed E-state index contributed by atoms with van der Waals surface area (Å²) in [5.74, 6) is 0.695. The number of hydrogen-bond acceptors (Lipinski definition) is 4. The van der Waals surface area contributed by atoms with Crippen LogP contribution in [-0.2, 0) is 13.0 Å². The van der Waals surface area contributed by atoms with E-state index in [0.29, 0.717) is 21.7 Å². The molecular formula is C14H12Cl2N2O2S. The van der Waals surface area contributed by atoms with Gasteiger partial charge in [-0.1, -0.05) is 41.0 Å². The van der Waals surface area contributed by atoms with Crippen molar-refractivity contribution in [1.29, 1.82) is 0 Å². The number of aromatic nitrogens is 2. The van der Waals surface area contributed by atoms with Gasteiger partial charge in [0.1, 0.15) is 0 Å². The number of halogens is 2. The van der Waals surface area contributed by atoms with E-state index in [0.717, 1.165) is 17.7 Å². The van der Waals surface area contributed by atoms with Gasteiger partial charge < -0.3 is 5.11 Å². The van der Waals surface area contributed by atoms with Crippen LogP contribution >= 0.6 is 35.0 Å². The van der Waals surface area contributed by atoms with Crippen molar-refractivity contribution in [3.63, 3.8) is 0 Å². The van der Waals surface area contributed by atoms with Crippen molar-refractivity contribution in [2.24, 2.45) is 0 Å². The van der Waals surface area contributed by atoms with Crippen LogP contribution in [0.2, 0.25) is 10.0 Å². The van der Waals surface area contributed by atoms with Gasteiger partial charge in [0.2, 0.25) is 5.88 Å². The number of aromatic hydroxyl groups is 1. The van der Waals surface area contributed by atoms with Crippen LogP contribution in [0.4, 0.5) is 0 Å². The summed E-state index contributed by atoms with van der Waals surface area (Å²) < 4.78 is 1.62. The molecule has 4 nitrogen and oxygen atoms in total. The monoisotopic (exact) mass is 342 g/mol. The highest BCUT2D eigenvalue weighted by Gasteiger charge is 2.20. The van der Waals surface area contributed by atoms with Gasteiger partial charge in [-0.2, -0.15) is 4.98 Å². The molecule has 0 atom stereocenters. The maximum absolute atomic E-state index is 12.5. The zero-order chi connectivity index (χ0) is 15.0. The van der Waals surface area contributed by atoms with Crippen molar-refractivity contribution < 1.29 is 5.11 Å². The highest BCUT2D eigenvalue weighted by atomic mass is 35.5. The summed E-state index contributed by atoms with van der Waals surface area (Å²) in [6.07, 6.45) is 1.16. The minimum atomic E-state index is -0.216. The molecule has 110 valence electrons. The van der Waals surface area contributed by atoms with E-state index in [9.17, 15) is 9.90 Å². The van der Waals surface area contributed by atoms with E-state index in [1.807, 2.05) is 0 Å². The van der Waals surface area contributed by atoms with Gasteiger partial charge in [0.15, 0.2) is 5.16 Å². The van der Waals surface area contributed by atoms with Crippen molar-refractivity contribution in [1.82, 2.24) is 9.55 Å². The molecule has 0 aliphatic carbocycles. The molecule has 0 fully saturated rings. The predicted molar refractivity (Wildman–Crippen MR) is 84.8 cm³/mol. The standard InChI is InChI=1S/C14H12Cl2N2O2S/c15-9-3-2-8(11(16)7-9)6-10-12(19)17-14-18(13(10)20)4-1-5-21-14/h2-3,7,19H,1,4-6H2. The summed E-state index contributed by atoms with van der Waals surface area (Å²) >= 11 is 13.5. The summed E-state index contributed by atoms with van der Waals surface area (Å²) in [4.78, 5) is 16.6. The second-order valence-electron chi connectivity index (χ2n) is 4.77. The van der Waals surface area contributed by atoms with Crippen LogP contribution in [-0.4, -0.2) is 20.4 Å². The third kappa shape index (κ3) is 2.91. The van der Waals surface area contributed by atoms with Crippen LogP contribution in [0, 0.1) is 0 Å². The molecular weight excluding hydrogens is 331 g/mol. The Balaban J connectivity index is 2.04. The molecule has 1 aromatic carbocycles. The molecule has 1 N–H and O–H groups in total. The Hall–Kier alpha value is -1.17. The molecule has 0 unspecified atom stereocenters. The van der Waals surface area contributed by atoms with Crippen LogP contribution in [0.15, 0.2) is 28.2 Å². The lowest BCUT2D eigenvalue weighted by atomic mass is 10.1. The Morgan fingerprint density at radius 1 is 1.38 bits per heavy atom. The molecule has 0 radical (unpaired) electrons. The molecule has 0 saturated heterocycles. The van der Waals surface area contributed by atoms with Crippen molar-refractivity contribution in [3.8, 4) is 5.88 Å². The summed E-state index contributed by atoms with van der Waals surface area (Å²) in [5.41, 5.74) is 0.806. The average Bonchev–Trinajstić information content (AvgIpc) is 2.45. The van der Waals surface area contributed by atoms with E-state index >= 15 is 0 Å². The fourth-order valence-corrected chi connectivity index (χ4v) is 3.68. The molecule has 1 aliphatic rings. The zero-order valence-corrected chi connectivity index (χ0v) is 13.3. The first-order valence-corrected chi connectivity index (χ1v) is 8.20. The third-order valence-corrected chi connectivity index (χ3v) is 4.99. The average molecular weight is 343 g/mol. The fourth-order valence-electron chi connectivity index (χ4n) is 2.27. The Bertz CT molecular complexity index is 761. The zero-order valence-electron chi connectivity index (χ0n) is 11.0. The number of benzene rings is 1. The molecule has 0 spiro atoms. The molecule has 1 aliphatic heterocycles.